The topological polar surface area (TPSA) is 62.0 Å². The number of hydrogen-bond acceptors (Lipinski definition) is 5. The SMILES string of the molecule is CSNCc1ccc(-c2c[nH]c3nccc(OCC4(C)CCNCC4)c23)cc1. The van der Waals surface area contributed by atoms with Crippen LogP contribution in [0.4, 0.5) is 0 Å². The van der Waals surface area contributed by atoms with Crippen molar-refractivity contribution in [3.05, 3.63) is 48.3 Å². The first kappa shape index (κ1) is 19.3. The number of aromatic nitrogens is 2. The Hall–Kier alpha value is -2.02. The number of hydrogen-bond donors (Lipinski definition) is 3. The standard InChI is InChI=1S/C22H28N4OS/c1-22(8-11-23-12-9-22)15-27-19-7-10-24-21-20(19)18(14-25-21)17-5-3-16(4-6-17)13-26-28-2/h3-7,10,14,23,26H,8-9,11-13,15H2,1-2H3,(H,24,25). The second-order valence-electron chi connectivity index (χ2n) is 7.81. The van der Waals surface area contributed by atoms with E-state index in [2.05, 4.69) is 51.2 Å². The highest BCUT2D eigenvalue weighted by molar-refractivity contribution is 7.96. The van der Waals surface area contributed by atoms with Crippen molar-refractivity contribution in [2.75, 3.05) is 26.0 Å². The van der Waals surface area contributed by atoms with Crippen molar-refractivity contribution in [1.29, 1.82) is 0 Å². The van der Waals surface area contributed by atoms with E-state index in [0.717, 1.165) is 61.4 Å². The molecule has 0 atom stereocenters. The van der Waals surface area contributed by atoms with Crippen LogP contribution in [0.1, 0.15) is 25.3 Å². The van der Waals surface area contributed by atoms with Crippen LogP contribution in [0.2, 0.25) is 0 Å². The van der Waals surface area contributed by atoms with Crippen LogP contribution in [0.15, 0.2) is 42.7 Å². The zero-order valence-corrected chi connectivity index (χ0v) is 17.4. The van der Waals surface area contributed by atoms with E-state index in [1.165, 1.54) is 11.1 Å². The average molecular weight is 397 g/mol. The van der Waals surface area contributed by atoms with E-state index in [1.807, 2.05) is 24.7 Å². The Labute approximate surface area is 170 Å². The van der Waals surface area contributed by atoms with E-state index in [-0.39, 0.29) is 5.41 Å². The fourth-order valence-corrected chi connectivity index (χ4v) is 4.07. The van der Waals surface area contributed by atoms with Crippen LogP contribution >= 0.6 is 11.9 Å². The summed E-state index contributed by atoms with van der Waals surface area (Å²) >= 11 is 1.64. The molecule has 0 unspecified atom stereocenters. The van der Waals surface area contributed by atoms with Gasteiger partial charge in [0.25, 0.3) is 0 Å². The van der Waals surface area contributed by atoms with Crippen LogP contribution in [-0.4, -0.2) is 35.9 Å². The van der Waals surface area contributed by atoms with E-state index in [4.69, 9.17) is 4.74 Å². The van der Waals surface area contributed by atoms with Gasteiger partial charge in [0.15, 0.2) is 0 Å². The molecule has 0 radical (unpaired) electrons. The summed E-state index contributed by atoms with van der Waals surface area (Å²) in [6, 6.07) is 10.7. The van der Waals surface area contributed by atoms with Gasteiger partial charge in [0.1, 0.15) is 11.4 Å². The van der Waals surface area contributed by atoms with E-state index >= 15 is 0 Å². The number of pyridine rings is 1. The third-order valence-electron chi connectivity index (χ3n) is 5.61. The molecule has 6 heteroatoms. The van der Waals surface area contributed by atoms with Gasteiger partial charge in [-0.1, -0.05) is 43.1 Å². The molecule has 2 aromatic heterocycles. The van der Waals surface area contributed by atoms with E-state index < -0.39 is 0 Å². The molecule has 1 fully saturated rings. The number of piperidine rings is 1. The summed E-state index contributed by atoms with van der Waals surface area (Å²) in [7, 11) is 0. The predicted octanol–water partition coefficient (Wildman–Crippen LogP) is 4.37. The van der Waals surface area contributed by atoms with Crippen LogP contribution in [0.3, 0.4) is 0 Å². The van der Waals surface area contributed by atoms with Gasteiger partial charge >= 0.3 is 0 Å². The lowest BCUT2D eigenvalue weighted by molar-refractivity contribution is 0.124. The first-order valence-electron chi connectivity index (χ1n) is 9.83. The molecule has 3 heterocycles. The summed E-state index contributed by atoms with van der Waals surface area (Å²) in [5.74, 6) is 0.911. The molecule has 0 amide bonds. The summed E-state index contributed by atoms with van der Waals surface area (Å²) in [5.41, 5.74) is 4.67. The van der Waals surface area contributed by atoms with Crippen LogP contribution in [0.5, 0.6) is 5.75 Å². The Kier molecular flexibility index (Phi) is 5.90. The van der Waals surface area contributed by atoms with Gasteiger partial charge in [0, 0.05) is 29.9 Å². The third kappa shape index (κ3) is 4.19. The normalized spacial score (nSPS) is 16.4. The highest BCUT2D eigenvalue weighted by atomic mass is 32.2. The molecule has 3 aromatic rings. The van der Waals surface area contributed by atoms with Crippen LogP contribution < -0.4 is 14.8 Å². The molecule has 0 aliphatic carbocycles. The smallest absolute Gasteiger partial charge is 0.141 e. The lowest BCUT2D eigenvalue weighted by atomic mass is 9.82. The first-order valence-corrected chi connectivity index (χ1v) is 11.1. The van der Waals surface area contributed by atoms with Gasteiger partial charge in [-0.2, -0.15) is 0 Å². The highest BCUT2D eigenvalue weighted by Crippen LogP contribution is 2.36. The van der Waals surface area contributed by atoms with Crippen molar-refractivity contribution < 1.29 is 4.74 Å². The minimum atomic E-state index is 0.225. The van der Waals surface area contributed by atoms with Gasteiger partial charge in [-0.05, 0) is 49.4 Å². The van der Waals surface area contributed by atoms with Gasteiger partial charge in [-0.3, -0.25) is 4.72 Å². The van der Waals surface area contributed by atoms with Crippen molar-refractivity contribution in [2.24, 2.45) is 5.41 Å². The summed E-state index contributed by atoms with van der Waals surface area (Å²) < 4.78 is 9.64. The van der Waals surface area contributed by atoms with Crippen LogP contribution in [-0.2, 0) is 6.54 Å². The zero-order valence-electron chi connectivity index (χ0n) is 16.5. The quantitative estimate of drug-likeness (QED) is 0.518. The number of fused-ring (bicyclic) bond motifs is 1. The first-order chi connectivity index (χ1) is 13.7. The van der Waals surface area contributed by atoms with Crippen molar-refractivity contribution in [3.8, 4) is 16.9 Å². The van der Waals surface area contributed by atoms with Crippen molar-refractivity contribution >= 4 is 23.0 Å². The van der Waals surface area contributed by atoms with Crippen LogP contribution in [0.25, 0.3) is 22.2 Å². The Morgan fingerprint density at radius 2 is 1.96 bits per heavy atom. The van der Waals surface area contributed by atoms with Crippen LogP contribution in [0, 0.1) is 5.41 Å². The van der Waals surface area contributed by atoms with Crippen molar-refractivity contribution in [3.63, 3.8) is 0 Å². The molecule has 0 saturated carbocycles. The molecule has 28 heavy (non-hydrogen) atoms. The zero-order chi connectivity index (χ0) is 19.4. The molecule has 1 aromatic carbocycles. The molecule has 3 N–H and O–H groups in total. The van der Waals surface area contributed by atoms with Gasteiger partial charge < -0.3 is 15.0 Å². The molecule has 1 aliphatic rings. The molecule has 4 rings (SSSR count). The Bertz CT molecular complexity index is 916. The molecule has 0 spiro atoms. The molecule has 5 nitrogen and oxygen atoms in total. The number of benzene rings is 1. The summed E-state index contributed by atoms with van der Waals surface area (Å²) in [4.78, 5) is 7.81. The lowest BCUT2D eigenvalue weighted by Crippen LogP contribution is -2.38. The second-order valence-corrected chi connectivity index (χ2v) is 8.50. The maximum Gasteiger partial charge on any atom is 0.141 e. The minimum absolute atomic E-state index is 0.225. The fraction of sp³-hybridized carbons (Fsp3) is 0.409. The Balaban J connectivity index is 1.59. The molecular formula is C22H28N4OS. The predicted molar refractivity (Wildman–Crippen MR) is 118 cm³/mol. The monoisotopic (exact) mass is 396 g/mol. The number of nitrogens with zero attached hydrogens (tertiary/aromatic N) is 1. The maximum atomic E-state index is 6.36. The maximum absolute atomic E-state index is 6.36. The third-order valence-corrected chi connectivity index (χ3v) is 6.04. The summed E-state index contributed by atoms with van der Waals surface area (Å²) in [5, 5.41) is 4.50. The van der Waals surface area contributed by atoms with E-state index in [9.17, 15) is 0 Å². The number of nitrogens with one attached hydrogen (secondary N) is 3. The average Bonchev–Trinajstić information content (AvgIpc) is 3.16. The van der Waals surface area contributed by atoms with Gasteiger partial charge in [-0.15, -0.1) is 0 Å². The van der Waals surface area contributed by atoms with Crippen molar-refractivity contribution in [1.82, 2.24) is 20.0 Å². The van der Waals surface area contributed by atoms with E-state index in [1.54, 1.807) is 11.9 Å². The van der Waals surface area contributed by atoms with E-state index in [0.29, 0.717) is 0 Å². The number of ether oxygens (including phenoxy) is 1. The number of rotatable bonds is 7. The second kappa shape index (κ2) is 8.55. The number of H-pyrrole nitrogens is 1. The summed E-state index contributed by atoms with van der Waals surface area (Å²) in [6.45, 7) is 6.06. The molecular weight excluding hydrogens is 368 g/mol. The van der Waals surface area contributed by atoms with Gasteiger partial charge in [0.05, 0.1) is 12.0 Å². The lowest BCUT2D eigenvalue weighted by Gasteiger charge is -2.33. The molecule has 148 valence electrons. The minimum Gasteiger partial charge on any atom is -0.492 e. The van der Waals surface area contributed by atoms with Gasteiger partial charge in [-0.25, -0.2) is 4.98 Å². The molecule has 0 bridgehead atoms. The highest BCUT2D eigenvalue weighted by Gasteiger charge is 2.28. The molecule has 1 aliphatic heterocycles. The molecule has 1 saturated heterocycles. The fourth-order valence-electron chi connectivity index (χ4n) is 3.76. The number of aromatic amines is 1. The Morgan fingerprint density at radius 1 is 1.18 bits per heavy atom. The summed E-state index contributed by atoms with van der Waals surface area (Å²) in [6.07, 6.45) is 8.18. The Morgan fingerprint density at radius 3 is 2.71 bits per heavy atom. The largest absolute Gasteiger partial charge is 0.492 e. The van der Waals surface area contributed by atoms with Gasteiger partial charge in [0.2, 0.25) is 0 Å². The van der Waals surface area contributed by atoms with Crippen molar-refractivity contribution in [2.45, 2.75) is 26.3 Å².